The molecule has 2 rings (SSSR count). The number of carbonyl (C=O) groups is 1. The summed E-state index contributed by atoms with van der Waals surface area (Å²) < 4.78 is 12.8. The van der Waals surface area contributed by atoms with Crippen molar-refractivity contribution in [2.75, 3.05) is 5.32 Å². The van der Waals surface area contributed by atoms with Crippen molar-refractivity contribution in [3.05, 3.63) is 58.4 Å². The zero-order valence-electron chi connectivity index (χ0n) is 10.1. The van der Waals surface area contributed by atoms with Crippen LogP contribution in [0.1, 0.15) is 15.9 Å². The number of halogens is 2. The topological polar surface area (TPSA) is 49.3 Å². The first-order chi connectivity index (χ1) is 8.97. The molecule has 0 bridgehead atoms. The molecule has 0 aliphatic heterocycles. The van der Waals surface area contributed by atoms with E-state index in [0.29, 0.717) is 10.7 Å². The van der Waals surface area contributed by atoms with Crippen LogP contribution >= 0.6 is 11.6 Å². The van der Waals surface area contributed by atoms with Gasteiger partial charge in [0, 0.05) is 6.07 Å². The Bertz CT molecular complexity index is 643. The monoisotopic (exact) mass is 279 g/mol. The van der Waals surface area contributed by atoms with Crippen LogP contribution in [0.25, 0.3) is 0 Å². The van der Waals surface area contributed by atoms with E-state index in [1.165, 1.54) is 6.07 Å². The summed E-state index contributed by atoms with van der Waals surface area (Å²) in [6.07, 6.45) is 0. The summed E-state index contributed by atoms with van der Waals surface area (Å²) in [5.41, 5.74) is 1.36. The van der Waals surface area contributed by atoms with E-state index in [1.807, 2.05) is 13.0 Å². The van der Waals surface area contributed by atoms with Gasteiger partial charge in [0.2, 0.25) is 0 Å². The third-order valence-electron chi connectivity index (χ3n) is 2.57. The van der Waals surface area contributed by atoms with Crippen LogP contribution in [0.3, 0.4) is 0 Å². The summed E-state index contributed by atoms with van der Waals surface area (Å²) in [5, 5.41) is 12.5. The second-order valence-electron chi connectivity index (χ2n) is 4.10. The third kappa shape index (κ3) is 3.03. The number of benzene rings is 2. The molecule has 0 unspecified atom stereocenters. The number of nitrogens with one attached hydrogen (secondary N) is 1. The number of hydrogen-bond donors (Lipinski definition) is 2. The molecule has 98 valence electrons. The molecule has 2 aromatic carbocycles. The van der Waals surface area contributed by atoms with E-state index < -0.39 is 17.5 Å². The lowest BCUT2D eigenvalue weighted by Crippen LogP contribution is -2.12. The molecule has 19 heavy (non-hydrogen) atoms. The third-order valence-corrected chi connectivity index (χ3v) is 2.90. The normalized spacial score (nSPS) is 10.3. The fourth-order valence-corrected chi connectivity index (χ4v) is 1.79. The molecule has 2 N–H and O–H groups in total. The smallest absolute Gasteiger partial charge is 0.259 e. The summed E-state index contributed by atoms with van der Waals surface area (Å²) in [6, 6.07) is 8.38. The number of carbonyl (C=O) groups excluding carboxylic acids is 1. The van der Waals surface area contributed by atoms with Gasteiger partial charge in [0.15, 0.2) is 0 Å². The molecule has 0 heterocycles. The maximum absolute atomic E-state index is 12.8. The van der Waals surface area contributed by atoms with Crippen molar-refractivity contribution >= 4 is 23.2 Å². The molecular formula is C14H11ClFNO2. The molecule has 0 atom stereocenters. The Morgan fingerprint density at radius 1 is 1.26 bits per heavy atom. The number of rotatable bonds is 2. The Morgan fingerprint density at radius 3 is 2.68 bits per heavy atom. The zero-order valence-corrected chi connectivity index (χ0v) is 10.8. The number of aryl methyl sites for hydroxylation is 1. The highest BCUT2D eigenvalue weighted by molar-refractivity contribution is 6.34. The Kier molecular flexibility index (Phi) is 3.71. The number of anilines is 1. The Hall–Kier alpha value is -2.07. The summed E-state index contributed by atoms with van der Waals surface area (Å²) in [7, 11) is 0. The van der Waals surface area contributed by atoms with E-state index in [9.17, 15) is 14.3 Å². The minimum atomic E-state index is -0.609. The Labute approximate surface area is 114 Å². The van der Waals surface area contributed by atoms with Crippen molar-refractivity contribution in [2.24, 2.45) is 0 Å². The summed E-state index contributed by atoms with van der Waals surface area (Å²) in [6.45, 7) is 1.86. The number of phenols is 1. The van der Waals surface area contributed by atoms with Gasteiger partial charge in [-0.25, -0.2) is 4.39 Å². The molecule has 0 aliphatic rings. The van der Waals surface area contributed by atoms with Crippen molar-refractivity contribution < 1.29 is 14.3 Å². The van der Waals surface area contributed by atoms with E-state index >= 15 is 0 Å². The van der Waals surface area contributed by atoms with E-state index in [2.05, 4.69) is 5.32 Å². The average Bonchev–Trinajstić information content (AvgIpc) is 2.33. The fourth-order valence-electron chi connectivity index (χ4n) is 1.62. The molecule has 0 aliphatic carbocycles. The lowest BCUT2D eigenvalue weighted by Gasteiger charge is -2.09. The highest BCUT2D eigenvalue weighted by Gasteiger charge is 2.13. The quantitative estimate of drug-likeness (QED) is 0.880. The first-order valence-electron chi connectivity index (χ1n) is 5.53. The molecule has 1 amide bonds. The molecule has 0 spiro atoms. The summed E-state index contributed by atoms with van der Waals surface area (Å²) in [5.74, 6) is -1.58. The highest BCUT2D eigenvalue weighted by atomic mass is 35.5. The van der Waals surface area contributed by atoms with Gasteiger partial charge in [0.25, 0.3) is 5.91 Å². The van der Waals surface area contributed by atoms with E-state index in [1.54, 1.807) is 12.1 Å². The average molecular weight is 280 g/mol. The van der Waals surface area contributed by atoms with E-state index in [4.69, 9.17) is 11.6 Å². The predicted octanol–water partition coefficient (Wildman–Crippen LogP) is 3.75. The van der Waals surface area contributed by atoms with Gasteiger partial charge in [-0.1, -0.05) is 17.7 Å². The van der Waals surface area contributed by atoms with Crippen molar-refractivity contribution in [2.45, 2.75) is 6.92 Å². The minimum absolute atomic E-state index is 0.0148. The summed E-state index contributed by atoms with van der Waals surface area (Å²) in [4.78, 5) is 12.0. The van der Waals surface area contributed by atoms with Gasteiger partial charge in [0.05, 0.1) is 16.3 Å². The van der Waals surface area contributed by atoms with Crippen molar-refractivity contribution in [1.29, 1.82) is 0 Å². The van der Waals surface area contributed by atoms with Crippen LogP contribution in [0.5, 0.6) is 5.75 Å². The zero-order chi connectivity index (χ0) is 14.0. The van der Waals surface area contributed by atoms with Gasteiger partial charge in [-0.15, -0.1) is 0 Å². The number of aromatic hydroxyl groups is 1. The summed E-state index contributed by atoms with van der Waals surface area (Å²) >= 11 is 5.96. The van der Waals surface area contributed by atoms with Crippen molar-refractivity contribution in [3.8, 4) is 5.75 Å². The predicted molar refractivity (Wildman–Crippen MR) is 72.2 cm³/mol. The molecule has 0 fully saturated rings. The van der Waals surface area contributed by atoms with E-state index in [0.717, 1.165) is 17.7 Å². The number of amides is 1. The molecule has 0 saturated heterocycles. The Balaban J connectivity index is 2.28. The molecule has 0 radical (unpaired) electrons. The molecule has 5 heteroatoms. The first kappa shape index (κ1) is 13.4. The van der Waals surface area contributed by atoms with Crippen LogP contribution < -0.4 is 5.32 Å². The van der Waals surface area contributed by atoms with Crippen LogP contribution in [-0.4, -0.2) is 11.0 Å². The SMILES string of the molecule is Cc1ccc(Cl)c(NC(=O)c2ccc(F)cc2O)c1. The van der Waals surface area contributed by atoms with Crippen molar-refractivity contribution in [1.82, 2.24) is 0 Å². The van der Waals surface area contributed by atoms with E-state index in [-0.39, 0.29) is 5.56 Å². The molecular weight excluding hydrogens is 269 g/mol. The van der Waals surface area contributed by atoms with Gasteiger partial charge in [-0.05, 0) is 36.8 Å². The van der Waals surface area contributed by atoms with Crippen molar-refractivity contribution in [3.63, 3.8) is 0 Å². The molecule has 2 aromatic rings. The standard InChI is InChI=1S/C14H11ClFNO2/c1-8-2-5-11(15)12(6-8)17-14(19)10-4-3-9(16)7-13(10)18/h2-7,18H,1H3,(H,17,19). The highest BCUT2D eigenvalue weighted by Crippen LogP contribution is 2.25. The van der Waals surface area contributed by atoms with Crippen LogP contribution in [0.4, 0.5) is 10.1 Å². The second-order valence-corrected chi connectivity index (χ2v) is 4.51. The van der Waals surface area contributed by atoms with Crippen LogP contribution in [0.15, 0.2) is 36.4 Å². The van der Waals surface area contributed by atoms with Gasteiger partial charge in [0.1, 0.15) is 11.6 Å². The van der Waals surface area contributed by atoms with Gasteiger partial charge in [-0.2, -0.15) is 0 Å². The van der Waals surface area contributed by atoms with Gasteiger partial charge < -0.3 is 10.4 Å². The van der Waals surface area contributed by atoms with Crippen LogP contribution in [0, 0.1) is 12.7 Å². The number of phenolic OH excluding ortho intramolecular Hbond substituents is 1. The maximum Gasteiger partial charge on any atom is 0.259 e. The van der Waals surface area contributed by atoms with Crippen LogP contribution in [-0.2, 0) is 0 Å². The Morgan fingerprint density at radius 2 is 2.00 bits per heavy atom. The van der Waals surface area contributed by atoms with Crippen LogP contribution in [0.2, 0.25) is 5.02 Å². The van der Waals surface area contributed by atoms with Gasteiger partial charge in [-0.3, -0.25) is 4.79 Å². The fraction of sp³-hybridized carbons (Fsp3) is 0.0714. The molecule has 0 aromatic heterocycles. The lowest BCUT2D eigenvalue weighted by atomic mass is 10.1. The molecule has 3 nitrogen and oxygen atoms in total. The van der Waals surface area contributed by atoms with Gasteiger partial charge >= 0.3 is 0 Å². The minimum Gasteiger partial charge on any atom is -0.507 e. The largest absolute Gasteiger partial charge is 0.507 e. The maximum atomic E-state index is 12.8. The molecule has 0 saturated carbocycles. The second kappa shape index (κ2) is 5.28. The first-order valence-corrected chi connectivity index (χ1v) is 5.91. The number of hydrogen-bond acceptors (Lipinski definition) is 2. The lowest BCUT2D eigenvalue weighted by molar-refractivity contribution is 0.102.